The molecule has 0 amide bonds. The molecular weight excluding hydrogens is 338 g/mol. The summed E-state index contributed by atoms with van der Waals surface area (Å²) >= 11 is 0. The summed E-state index contributed by atoms with van der Waals surface area (Å²) in [5, 5.41) is 0. The number of sulfone groups is 1. The molecule has 2 N–H and O–H groups in total. The number of nitrogen functional groups attached to an aromatic ring is 1. The monoisotopic (exact) mass is 353 g/mol. The molecule has 0 saturated carbocycles. The molecule has 7 nitrogen and oxygen atoms in total. The fourth-order valence-electron chi connectivity index (χ4n) is 2.86. The molecule has 8 heteroatoms. The Kier molecular flexibility index (Phi) is 3.43. The van der Waals surface area contributed by atoms with E-state index in [1.807, 2.05) is 6.92 Å². The normalized spacial score (nSPS) is 12.0. The van der Waals surface area contributed by atoms with Crippen molar-refractivity contribution in [2.24, 2.45) is 0 Å². The van der Waals surface area contributed by atoms with Crippen LogP contribution in [0.3, 0.4) is 0 Å². The Balaban J connectivity index is 2.08. The minimum Gasteiger partial charge on any atom is -0.395 e. The summed E-state index contributed by atoms with van der Waals surface area (Å²) in [6, 6.07) is 6.77. The third kappa shape index (κ3) is 2.25. The molecule has 0 bridgehead atoms. The van der Waals surface area contributed by atoms with E-state index in [0.717, 1.165) is 12.0 Å². The van der Waals surface area contributed by atoms with E-state index in [4.69, 9.17) is 5.73 Å². The van der Waals surface area contributed by atoms with Gasteiger partial charge in [-0.1, -0.05) is 19.1 Å². The Morgan fingerprint density at radius 3 is 2.40 bits per heavy atom. The van der Waals surface area contributed by atoms with Gasteiger partial charge in [0.25, 0.3) is 0 Å². The van der Waals surface area contributed by atoms with E-state index in [-0.39, 0.29) is 21.0 Å². The zero-order chi connectivity index (χ0) is 17.6. The average Bonchev–Trinajstić information content (AvgIpc) is 3.12. The first-order valence-electron chi connectivity index (χ1n) is 7.73. The average molecular weight is 353 g/mol. The number of imidazole rings is 1. The zero-order valence-corrected chi connectivity index (χ0v) is 14.2. The smallest absolute Gasteiger partial charge is 0.211 e. The van der Waals surface area contributed by atoms with Crippen molar-refractivity contribution in [2.45, 2.75) is 23.1 Å². The maximum absolute atomic E-state index is 13.2. The van der Waals surface area contributed by atoms with Gasteiger partial charge in [0.05, 0.1) is 10.6 Å². The molecule has 0 atom stereocenters. The van der Waals surface area contributed by atoms with Crippen molar-refractivity contribution in [3.8, 4) is 0 Å². The van der Waals surface area contributed by atoms with Gasteiger partial charge in [0.2, 0.25) is 9.84 Å². The van der Waals surface area contributed by atoms with E-state index in [0.29, 0.717) is 11.3 Å². The minimum atomic E-state index is -3.87. The molecule has 4 aromatic rings. The van der Waals surface area contributed by atoms with Gasteiger partial charge < -0.3 is 5.73 Å². The van der Waals surface area contributed by atoms with Gasteiger partial charge in [0.15, 0.2) is 11.3 Å². The van der Waals surface area contributed by atoms with E-state index < -0.39 is 9.84 Å². The van der Waals surface area contributed by atoms with E-state index in [9.17, 15) is 8.42 Å². The van der Waals surface area contributed by atoms with E-state index in [1.54, 1.807) is 41.1 Å². The second-order valence-corrected chi connectivity index (χ2v) is 7.48. The highest BCUT2D eigenvalue weighted by Gasteiger charge is 2.27. The molecule has 0 aliphatic heterocycles. The van der Waals surface area contributed by atoms with Crippen molar-refractivity contribution < 1.29 is 8.42 Å². The first kappa shape index (κ1) is 15.5. The van der Waals surface area contributed by atoms with Crippen LogP contribution in [0.5, 0.6) is 0 Å². The maximum Gasteiger partial charge on any atom is 0.211 e. The van der Waals surface area contributed by atoms with Crippen molar-refractivity contribution in [3.63, 3.8) is 0 Å². The maximum atomic E-state index is 13.2. The van der Waals surface area contributed by atoms with Gasteiger partial charge in [-0.2, -0.15) is 0 Å². The largest absolute Gasteiger partial charge is 0.395 e. The second kappa shape index (κ2) is 5.52. The second-order valence-electron chi connectivity index (χ2n) is 5.59. The highest BCUT2D eigenvalue weighted by Crippen LogP contribution is 2.33. The lowest BCUT2D eigenvalue weighted by atomic mass is 10.2. The van der Waals surface area contributed by atoms with Crippen LogP contribution in [0.1, 0.15) is 12.5 Å². The lowest BCUT2D eigenvalue weighted by molar-refractivity contribution is 0.597. The lowest BCUT2D eigenvalue weighted by Crippen LogP contribution is -2.10. The van der Waals surface area contributed by atoms with Gasteiger partial charge in [0, 0.05) is 24.8 Å². The number of rotatable bonds is 3. The molecule has 1 aromatic carbocycles. The highest BCUT2D eigenvalue weighted by molar-refractivity contribution is 7.92. The van der Waals surface area contributed by atoms with Crippen LogP contribution in [0.4, 0.5) is 5.69 Å². The fourth-order valence-corrected chi connectivity index (χ4v) is 4.37. The number of hydrogen-bond donors (Lipinski definition) is 1. The number of aromatic nitrogens is 4. The quantitative estimate of drug-likeness (QED) is 0.606. The number of aryl methyl sites for hydroxylation is 1. The van der Waals surface area contributed by atoms with Gasteiger partial charge in [-0.25, -0.2) is 23.4 Å². The van der Waals surface area contributed by atoms with Crippen molar-refractivity contribution in [1.82, 2.24) is 19.4 Å². The van der Waals surface area contributed by atoms with Crippen LogP contribution in [0.15, 0.2) is 58.8 Å². The molecule has 0 aliphatic carbocycles. The van der Waals surface area contributed by atoms with Crippen LogP contribution in [0.2, 0.25) is 0 Å². The number of pyridine rings is 1. The first-order chi connectivity index (χ1) is 12.0. The molecule has 3 aromatic heterocycles. The van der Waals surface area contributed by atoms with E-state index >= 15 is 0 Å². The van der Waals surface area contributed by atoms with Crippen molar-refractivity contribution in [2.75, 3.05) is 5.73 Å². The van der Waals surface area contributed by atoms with Crippen LogP contribution in [0.25, 0.3) is 16.8 Å². The number of fused-ring (bicyclic) bond motifs is 3. The number of nitrogens with two attached hydrogens (primary N) is 1. The topological polar surface area (TPSA) is 103 Å². The third-order valence-corrected chi connectivity index (χ3v) is 6.00. The molecule has 0 aliphatic rings. The van der Waals surface area contributed by atoms with Crippen molar-refractivity contribution in [3.05, 3.63) is 54.6 Å². The molecule has 3 heterocycles. The minimum absolute atomic E-state index is 0.0569. The van der Waals surface area contributed by atoms with Crippen molar-refractivity contribution >= 4 is 32.3 Å². The molecule has 0 saturated heterocycles. The molecule has 0 fully saturated rings. The predicted molar refractivity (Wildman–Crippen MR) is 94.0 cm³/mol. The van der Waals surface area contributed by atoms with E-state index in [2.05, 4.69) is 15.0 Å². The van der Waals surface area contributed by atoms with Crippen LogP contribution in [-0.2, 0) is 16.3 Å². The van der Waals surface area contributed by atoms with Gasteiger partial charge in [-0.05, 0) is 24.1 Å². The van der Waals surface area contributed by atoms with Crippen molar-refractivity contribution in [1.29, 1.82) is 0 Å². The zero-order valence-electron chi connectivity index (χ0n) is 13.4. The number of nitrogens with zero attached hydrogens (tertiary/aromatic N) is 4. The molecule has 0 unspecified atom stereocenters. The summed E-state index contributed by atoms with van der Waals surface area (Å²) < 4.78 is 28.1. The molecule has 0 spiro atoms. The lowest BCUT2D eigenvalue weighted by Gasteiger charge is -2.12. The fraction of sp³-hybridized carbons (Fsp3) is 0.118. The van der Waals surface area contributed by atoms with Gasteiger partial charge in [0.1, 0.15) is 10.4 Å². The Morgan fingerprint density at radius 2 is 1.68 bits per heavy atom. The molecule has 0 radical (unpaired) electrons. The molecular formula is C17H15N5O2S. The molecule has 4 rings (SSSR count). The number of hydrogen-bond acceptors (Lipinski definition) is 6. The van der Waals surface area contributed by atoms with Crippen LogP contribution in [0, 0.1) is 0 Å². The molecule has 25 heavy (non-hydrogen) atoms. The summed E-state index contributed by atoms with van der Waals surface area (Å²) in [5.41, 5.74) is 8.27. The van der Waals surface area contributed by atoms with Crippen LogP contribution >= 0.6 is 0 Å². The molecule has 126 valence electrons. The summed E-state index contributed by atoms with van der Waals surface area (Å²) in [6.07, 6.45) is 7.01. The van der Waals surface area contributed by atoms with Gasteiger partial charge in [-0.15, -0.1) is 0 Å². The summed E-state index contributed by atoms with van der Waals surface area (Å²) in [4.78, 5) is 12.8. The standard InChI is InChI=1S/C17H15N5O2S/c1-2-11-3-5-12(6-4-11)25(23,24)15-13(18)16-21-9-10-22(16)17-14(15)19-7-8-20-17/h3-10H,2,18H2,1H3. The van der Waals surface area contributed by atoms with Gasteiger partial charge in [-0.3, -0.25) is 4.40 Å². The highest BCUT2D eigenvalue weighted by atomic mass is 32.2. The predicted octanol–water partition coefficient (Wildman–Crippen LogP) is 2.25. The van der Waals surface area contributed by atoms with Crippen LogP contribution < -0.4 is 5.73 Å². The SMILES string of the molecule is CCc1ccc(S(=O)(=O)c2c(N)c3nccn3c3nccnc23)cc1. The van der Waals surface area contributed by atoms with Crippen LogP contribution in [-0.4, -0.2) is 27.8 Å². The Morgan fingerprint density at radius 1 is 1.00 bits per heavy atom. The Labute approximate surface area is 144 Å². The third-order valence-electron chi connectivity index (χ3n) is 4.16. The van der Waals surface area contributed by atoms with Gasteiger partial charge >= 0.3 is 0 Å². The Hall–Kier alpha value is -3.00. The Bertz CT molecular complexity index is 1200. The van der Waals surface area contributed by atoms with E-state index in [1.165, 1.54) is 12.4 Å². The summed E-state index contributed by atoms with van der Waals surface area (Å²) in [5.74, 6) is 0. The summed E-state index contributed by atoms with van der Waals surface area (Å²) in [7, 11) is -3.87. The summed E-state index contributed by atoms with van der Waals surface area (Å²) in [6.45, 7) is 2.01. The number of benzene rings is 1. The number of anilines is 1. The first-order valence-corrected chi connectivity index (χ1v) is 9.21.